The lowest BCUT2D eigenvalue weighted by molar-refractivity contribution is -0.143. The largest absolute Gasteiger partial charge is 0.446 e. The summed E-state index contributed by atoms with van der Waals surface area (Å²) in [6.07, 6.45) is 4.34. The van der Waals surface area contributed by atoms with Crippen molar-refractivity contribution in [1.82, 2.24) is 20.3 Å². The van der Waals surface area contributed by atoms with E-state index in [1.807, 2.05) is 60.7 Å². The first kappa shape index (κ1) is 38.0. The number of benzene rings is 2. The summed E-state index contributed by atoms with van der Waals surface area (Å²) in [5, 5.41) is 9.48. The number of nitrogens with zero attached hydrogens (tertiary/aromatic N) is 2. The van der Waals surface area contributed by atoms with Crippen molar-refractivity contribution in [3.8, 4) is 0 Å². The van der Waals surface area contributed by atoms with Gasteiger partial charge in [0.05, 0.1) is 11.8 Å². The highest BCUT2D eigenvalue weighted by atomic mass is 32.2. The maximum atomic E-state index is 14.5. The van der Waals surface area contributed by atoms with E-state index in [-0.39, 0.29) is 25.5 Å². The zero-order valence-electron chi connectivity index (χ0n) is 30.5. The fourth-order valence-corrected chi connectivity index (χ4v) is 8.46. The minimum atomic E-state index is -3.89. The molecule has 0 spiro atoms. The SMILES string of the molecule is C=C[C@@H]1C[C@@]1(NC(=O)[C@@H]1C[C@@H](ON=C(c2ccccc2)c2ccccc2)CN1C(=O)[C@@H](NC(=O)OC1CCCC1)C(C)(C)C)C(=O)NS(=O)(=O)C1CC1. The molecule has 53 heavy (non-hydrogen) atoms. The Kier molecular flexibility index (Phi) is 11.0. The summed E-state index contributed by atoms with van der Waals surface area (Å²) in [4.78, 5) is 62.8. The maximum absolute atomic E-state index is 14.5. The van der Waals surface area contributed by atoms with Crippen LogP contribution in [0.4, 0.5) is 4.79 Å². The molecule has 5 atom stereocenters. The molecule has 2 aromatic rings. The van der Waals surface area contributed by atoms with Crippen molar-refractivity contribution in [2.75, 3.05) is 6.54 Å². The van der Waals surface area contributed by atoms with Crippen LogP contribution < -0.4 is 15.4 Å². The number of rotatable bonds is 13. The molecule has 13 nitrogen and oxygen atoms in total. The van der Waals surface area contributed by atoms with Gasteiger partial charge in [0, 0.05) is 23.5 Å². The summed E-state index contributed by atoms with van der Waals surface area (Å²) in [5.41, 5.74) is -0.182. The van der Waals surface area contributed by atoms with Crippen LogP contribution in [0.3, 0.4) is 0 Å². The van der Waals surface area contributed by atoms with Gasteiger partial charge in [0.1, 0.15) is 35.5 Å². The highest BCUT2D eigenvalue weighted by Gasteiger charge is 2.62. The Morgan fingerprint density at radius 1 is 0.943 bits per heavy atom. The van der Waals surface area contributed by atoms with E-state index in [0.717, 1.165) is 36.8 Å². The van der Waals surface area contributed by atoms with Gasteiger partial charge in [-0.1, -0.05) is 92.7 Å². The fraction of sp³-hybridized carbons (Fsp3) is 0.513. The number of carbonyl (C=O) groups excluding carboxylic acids is 4. The van der Waals surface area contributed by atoms with Crippen LogP contribution in [-0.2, 0) is 34.0 Å². The van der Waals surface area contributed by atoms with Crippen molar-refractivity contribution in [1.29, 1.82) is 0 Å². The van der Waals surface area contributed by atoms with Crippen LogP contribution in [0.5, 0.6) is 0 Å². The lowest BCUT2D eigenvalue weighted by atomic mass is 9.85. The molecule has 0 aromatic heterocycles. The summed E-state index contributed by atoms with van der Waals surface area (Å²) in [7, 11) is -3.89. The van der Waals surface area contributed by atoms with Gasteiger partial charge >= 0.3 is 6.09 Å². The van der Waals surface area contributed by atoms with E-state index in [2.05, 4.69) is 27.1 Å². The molecule has 3 N–H and O–H groups in total. The van der Waals surface area contributed by atoms with Crippen LogP contribution in [0.15, 0.2) is 78.5 Å². The molecular formula is C39H49N5O8S. The van der Waals surface area contributed by atoms with E-state index in [1.165, 1.54) is 11.0 Å². The number of sulfonamides is 1. The summed E-state index contributed by atoms with van der Waals surface area (Å²) < 4.78 is 33.2. The Morgan fingerprint density at radius 3 is 2.08 bits per heavy atom. The minimum absolute atomic E-state index is 0.0120. The van der Waals surface area contributed by atoms with Crippen molar-refractivity contribution in [2.24, 2.45) is 16.5 Å². The number of amides is 4. The topological polar surface area (TPSA) is 173 Å². The van der Waals surface area contributed by atoms with Crippen LogP contribution in [0.2, 0.25) is 0 Å². The first-order chi connectivity index (χ1) is 25.2. The van der Waals surface area contributed by atoms with Crippen LogP contribution in [0, 0.1) is 11.3 Å². The van der Waals surface area contributed by atoms with Crippen LogP contribution in [0.1, 0.15) is 83.3 Å². The number of likely N-dealkylation sites (tertiary alicyclic amines) is 1. The molecule has 6 rings (SSSR count). The zero-order valence-corrected chi connectivity index (χ0v) is 31.3. The Morgan fingerprint density at radius 2 is 1.55 bits per heavy atom. The maximum Gasteiger partial charge on any atom is 0.408 e. The van der Waals surface area contributed by atoms with Crippen molar-refractivity contribution >= 4 is 39.5 Å². The summed E-state index contributed by atoms with van der Waals surface area (Å²) in [5.74, 6) is -2.55. The smallest absolute Gasteiger partial charge is 0.408 e. The van der Waals surface area contributed by atoms with Crippen molar-refractivity contribution < 1.29 is 37.2 Å². The molecular weight excluding hydrogens is 699 g/mol. The monoisotopic (exact) mass is 747 g/mol. The van der Waals surface area contributed by atoms with Crippen LogP contribution in [-0.4, -0.2) is 84.5 Å². The van der Waals surface area contributed by atoms with E-state index in [0.29, 0.717) is 18.6 Å². The summed E-state index contributed by atoms with van der Waals surface area (Å²) in [6.45, 7) is 9.14. The normalized spacial score (nSPS) is 24.7. The van der Waals surface area contributed by atoms with Gasteiger partial charge in [-0.05, 0) is 50.4 Å². The molecule has 3 saturated carbocycles. The molecule has 1 aliphatic heterocycles. The Labute approximate surface area is 311 Å². The average Bonchev–Trinajstić information content (AvgIpc) is 4.01. The number of hydrogen-bond acceptors (Lipinski definition) is 9. The van der Waals surface area contributed by atoms with Gasteiger partial charge < -0.3 is 25.1 Å². The number of alkyl carbamates (subject to hydrolysis) is 1. The number of nitrogens with one attached hydrogen (secondary N) is 3. The Balaban J connectivity index is 1.27. The highest BCUT2D eigenvalue weighted by molar-refractivity contribution is 7.91. The lowest BCUT2D eigenvalue weighted by Crippen LogP contribution is -2.60. The standard InChI is InChI=1S/C39H49N5O8S/c1-5-27-23-39(27,36(47)43-53(49,50)30-20-21-30)41-34(45)31-22-29(52-42-32(25-14-8-6-9-15-25)26-16-10-7-11-17-26)24-44(31)35(46)33(38(2,3)4)40-37(48)51-28-18-12-13-19-28/h5-11,14-17,27-31,33H,1,12-13,18-24H2,2-4H3,(H,40,48)(H,41,45)(H,43,47)/t27-,29-,31+,33-,39+/m1/s1. The number of oxime groups is 1. The van der Waals surface area contributed by atoms with Crippen LogP contribution in [0.25, 0.3) is 0 Å². The van der Waals surface area contributed by atoms with Crippen molar-refractivity contribution in [3.05, 3.63) is 84.4 Å². The molecule has 0 radical (unpaired) electrons. The minimum Gasteiger partial charge on any atom is -0.446 e. The van der Waals surface area contributed by atoms with Gasteiger partial charge in [-0.3, -0.25) is 19.1 Å². The molecule has 0 unspecified atom stereocenters. The predicted molar refractivity (Wildman–Crippen MR) is 198 cm³/mol. The number of hydrogen-bond donors (Lipinski definition) is 3. The van der Waals surface area contributed by atoms with E-state index in [4.69, 9.17) is 9.57 Å². The summed E-state index contributed by atoms with van der Waals surface area (Å²) >= 11 is 0. The second kappa shape index (κ2) is 15.3. The lowest BCUT2D eigenvalue weighted by Gasteiger charge is -2.35. The second-order valence-corrected chi connectivity index (χ2v) is 17.5. The van der Waals surface area contributed by atoms with E-state index in [9.17, 15) is 27.6 Å². The molecule has 2 aromatic carbocycles. The quantitative estimate of drug-likeness (QED) is 0.156. The molecule has 14 heteroatoms. The van der Waals surface area contributed by atoms with Gasteiger partial charge in [0.15, 0.2) is 0 Å². The Bertz CT molecular complexity index is 1800. The first-order valence-electron chi connectivity index (χ1n) is 18.3. The van der Waals surface area contributed by atoms with Gasteiger partial charge in [-0.2, -0.15) is 0 Å². The molecule has 4 fully saturated rings. The van der Waals surface area contributed by atoms with E-state index < -0.39 is 74.1 Å². The predicted octanol–water partition coefficient (Wildman–Crippen LogP) is 4.18. The molecule has 1 saturated heterocycles. The highest BCUT2D eigenvalue weighted by Crippen LogP contribution is 2.45. The third-order valence-corrected chi connectivity index (χ3v) is 12.3. The zero-order chi connectivity index (χ0) is 38.0. The van der Waals surface area contributed by atoms with Gasteiger partial charge in [0.25, 0.3) is 5.91 Å². The van der Waals surface area contributed by atoms with E-state index in [1.54, 1.807) is 20.8 Å². The van der Waals surface area contributed by atoms with E-state index >= 15 is 0 Å². The van der Waals surface area contributed by atoms with Crippen molar-refractivity contribution in [3.63, 3.8) is 0 Å². The third kappa shape index (κ3) is 8.75. The summed E-state index contributed by atoms with van der Waals surface area (Å²) in [6, 6.07) is 16.7. The third-order valence-electron chi connectivity index (χ3n) is 10.4. The molecule has 0 bridgehead atoms. The number of ether oxygens (including phenoxy) is 1. The van der Waals surface area contributed by atoms with Gasteiger partial charge in [-0.25, -0.2) is 13.2 Å². The molecule has 4 amide bonds. The van der Waals surface area contributed by atoms with Crippen LogP contribution >= 0.6 is 0 Å². The molecule has 1 heterocycles. The molecule has 284 valence electrons. The second-order valence-electron chi connectivity index (χ2n) is 15.6. The number of carbonyl (C=O) groups is 4. The fourth-order valence-electron chi connectivity index (χ4n) is 7.10. The molecule has 3 aliphatic carbocycles. The molecule has 4 aliphatic rings. The van der Waals surface area contributed by atoms with Gasteiger partial charge in [-0.15, -0.1) is 6.58 Å². The Hall–Kier alpha value is -4.72. The van der Waals surface area contributed by atoms with Crippen molar-refractivity contribution in [2.45, 2.75) is 107 Å². The first-order valence-corrected chi connectivity index (χ1v) is 19.9. The van der Waals surface area contributed by atoms with Gasteiger partial charge in [0.2, 0.25) is 21.8 Å². The average molecular weight is 748 g/mol.